The first-order valence-electron chi connectivity index (χ1n) is 21.8. The maximum Gasteiger partial charge on any atom is 0.340 e. The molecule has 7 bridgehead atoms. The quantitative estimate of drug-likeness (QED) is 0.142. The molecule has 10 aliphatic rings. The van der Waals surface area contributed by atoms with Gasteiger partial charge in [0.25, 0.3) is 11.8 Å². The van der Waals surface area contributed by atoms with Gasteiger partial charge in [0.05, 0.1) is 28.3 Å². The summed E-state index contributed by atoms with van der Waals surface area (Å²) in [6, 6.07) is 3.93. The van der Waals surface area contributed by atoms with E-state index in [1.54, 1.807) is 34.7 Å². The van der Waals surface area contributed by atoms with Crippen molar-refractivity contribution in [1.82, 2.24) is 15.2 Å². The molecule has 2 saturated carbocycles. The summed E-state index contributed by atoms with van der Waals surface area (Å²) in [6.45, 7) is 6.75. The number of nitrogens with zero attached hydrogens (tertiary/aromatic N) is 2. The summed E-state index contributed by atoms with van der Waals surface area (Å²) in [4.78, 5) is 62.2. The molecule has 3 N–H and O–H groups in total. The largest absolute Gasteiger partial charge is 0.427 e. The molecule has 5 heterocycles. The van der Waals surface area contributed by atoms with Crippen LogP contribution in [-0.4, -0.2) is 69.2 Å². The van der Waals surface area contributed by atoms with Gasteiger partial charge >= 0.3 is 11.9 Å². The highest BCUT2D eigenvalue weighted by molar-refractivity contribution is 8.76. The van der Waals surface area contributed by atoms with Gasteiger partial charge in [-0.3, -0.25) is 14.5 Å². The molecule has 59 heavy (non-hydrogen) atoms. The number of fused-ring (bicyclic) bond motifs is 3. The number of carbonyl (C=O) groups excluding carboxylic acids is 4. The number of pyridine rings is 1. The third kappa shape index (κ3) is 6.17. The van der Waals surface area contributed by atoms with Gasteiger partial charge in [0.1, 0.15) is 17.3 Å². The topological polar surface area (TPSA) is 147 Å². The molecule has 6 aliphatic carbocycles. The SMILES string of the molecule is CCC1(C2=C3OC(=O)C4=C3C(CC2)CC2C3CCC5(C6=CCC(C)C(NCC(C)O)SSCNc7cc(ccn7)C(CN7C(=O)C=CC7=O)C3=C5C(=O)O6)C42)CCCC1. The first-order chi connectivity index (χ1) is 28.5. The van der Waals surface area contributed by atoms with Crippen LogP contribution < -0.4 is 10.6 Å². The van der Waals surface area contributed by atoms with Crippen molar-refractivity contribution in [2.24, 2.45) is 40.4 Å². The number of nitrogens with one attached hydrogen (secondary N) is 2. The lowest BCUT2D eigenvalue weighted by Crippen LogP contribution is -2.54. The van der Waals surface area contributed by atoms with Gasteiger partial charge in [-0.15, -0.1) is 0 Å². The number of hydrogen-bond donors (Lipinski definition) is 3. The van der Waals surface area contributed by atoms with Crippen molar-refractivity contribution in [3.63, 3.8) is 0 Å². The number of carbonyl (C=O) groups is 4. The average molecular weight is 839 g/mol. The van der Waals surface area contributed by atoms with Crippen molar-refractivity contribution >= 4 is 51.2 Å². The fourth-order valence-electron chi connectivity index (χ4n) is 12.9. The highest BCUT2D eigenvalue weighted by Gasteiger charge is 2.70. The zero-order chi connectivity index (χ0) is 40.8. The second-order valence-corrected chi connectivity index (χ2v) is 21.0. The summed E-state index contributed by atoms with van der Waals surface area (Å²) in [5.74, 6) is 0.715. The van der Waals surface area contributed by atoms with E-state index < -0.39 is 23.4 Å². The zero-order valence-electron chi connectivity index (χ0n) is 34.1. The number of anilines is 1. The minimum Gasteiger partial charge on any atom is -0.427 e. The van der Waals surface area contributed by atoms with Crippen LogP contribution in [0.1, 0.15) is 103 Å². The number of aliphatic hydroxyl groups excluding tert-OH is 1. The van der Waals surface area contributed by atoms with Crippen molar-refractivity contribution in [3.8, 4) is 0 Å². The van der Waals surface area contributed by atoms with Crippen molar-refractivity contribution < 1.29 is 33.8 Å². The maximum atomic E-state index is 14.9. The molecular weight excluding hydrogens is 785 g/mol. The average Bonchev–Trinajstić information content (AvgIpc) is 4.00. The molecular formula is C46H54N4O7S2. The molecule has 3 fully saturated rings. The van der Waals surface area contributed by atoms with Gasteiger partial charge in [0.15, 0.2) is 0 Å². The highest BCUT2D eigenvalue weighted by atomic mass is 33.1. The Morgan fingerprint density at radius 2 is 1.86 bits per heavy atom. The summed E-state index contributed by atoms with van der Waals surface area (Å²) in [7, 11) is 3.35. The molecule has 1 aromatic rings. The van der Waals surface area contributed by atoms with Gasteiger partial charge in [0.2, 0.25) is 0 Å². The zero-order valence-corrected chi connectivity index (χ0v) is 35.7. The summed E-state index contributed by atoms with van der Waals surface area (Å²) in [6.07, 6.45) is 16.5. The van der Waals surface area contributed by atoms with Crippen LogP contribution >= 0.6 is 21.6 Å². The number of amides is 2. The minimum atomic E-state index is -0.911. The van der Waals surface area contributed by atoms with Gasteiger partial charge in [-0.05, 0) is 129 Å². The highest BCUT2D eigenvalue weighted by Crippen LogP contribution is 2.73. The van der Waals surface area contributed by atoms with Crippen LogP contribution in [0.25, 0.3) is 0 Å². The molecule has 1 saturated heterocycles. The monoisotopic (exact) mass is 838 g/mol. The first-order valence-corrected chi connectivity index (χ1v) is 24.2. The van der Waals surface area contributed by atoms with Crippen molar-refractivity contribution in [2.75, 3.05) is 24.3 Å². The Morgan fingerprint density at radius 3 is 2.63 bits per heavy atom. The lowest BCUT2D eigenvalue weighted by Gasteiger charge is -2.58. The van der Waals surface area contributed by atoms with Gasteiger partial charge in [0, 0.05) is 54.4 Å². The summed E-state index contributed by atoms with van der Waals surface area (Å²) in [5, 5.41) is 17.2. The molecule has 9 atom stereocenters. The number of allylic oxidation sites excluding steroid dienone is 4. The van der Waals surface area contributed by atoms with Crippen LogP contribution in [0.15, 0.2) is 75.9 Å². The van der Waals surface area contributed by atoms with E-state index in [9.17, 15) is 24.3 Å². The van der Waals surface area contributed by atoms with Gasteiger partial charge in [-0.25, -0.2) is 14.6 Å². The van der Waals surface area contributed by atoms with E-state index in [1.807, 2.05) is 12.1 Å². The Labute approximate surface area is 353 Å². The summed E-state index contributed by atoms with van der Waals surface area (Å²) < 4.78 is 13.1. The van der Waals surface area contributed by atoms with Crippen molar-refractivity contribution in [3.05, 3.63) is 81.5 Å². The Bertz CT molecular complexity index is 2150. The number of rotatable bonds is 7. The predicted octanol–water partition coefficient (Wildman–Crippen LogP) is 7.45. The number of esters is 2. The van der Waals surface area contributed by atoms with E-state index in [0.29, 0.717) is 42.4 Å². The van der Waals surface area contributed by atoms with E-state index in [0.717, 1.165) is 73.0 Å². The van der Waals surface area contributed by atoms with Crippen LogP contribution in [0.4, 0.5) is 5.82 Å². The minimum absolute atomic E-state index is 0.0241. The molecule has 11 nitrogen and oxygen atoms in total. The molecule has 312 valence electrons. The second-order valence-electron chi connectivity index (χ2n) is 18.5. The van der Waals surface area contributed by atoms with Crippen LogP contribution in [0.2, 0.25) is 0 Å². The van der Waals surface area contributed by atoms with Gasteiger partial charge in [-0.1, -0.05) is 48.3 Å². The molecule has 0 radical (unpaired) electrons. The molecule has 1 aromatic heterocycles. The standard InChI is InChI=1S/C46H54N4O7S2/c1-4-45(15-5-6-16-45)31-9-8-27-19-29-28-13-17-46(39(29)38-36(27)41(31)57-43(38)54)32-10-7-24(2)42(48-21-25(3)51)59-58-23-49-33-20-26(14-18-47-33)30(37(28)40(46)44(55)56-32)22-50-34(52)11-12-35(50)53/h10-12,14,18,20,24-25,27-30,39,42,48,51H,4-9,13,15-17,19,21-23H2,1-3H3,(H,47,49). The van der Waals surface area contributed by atoms with Crippen LogP contribution in [0.5, 0.6) is 0 Å². The molecule has 2 amide bonds. The summed E-state index contributed by atoms with van der Waals surface area (Å²) in [5.41, 5.74) is 4.77. The number of aromatic nitrogens is 1. The lowest BCUT2D eigenvalue weighted by atomic mass is 9.42. The van der Waals surface area contributed by atoms with E-state index in [4.69, 9.17) is 9.47 Å². The molecule has 13 heteroatoms. The third-order valence-corrected chi connectivity index (χ3v) is 18.2. The van der Waals surface area contributed by atoms with Gasteiger partial charge in [-0.2, -0.15) is 0 Å². The third-order valence-electron chi connectivity index (χ3n) is 15.5. The lowest BCUT2D eigenvalue weighted by molar-refractivity contribution is -0.137. The molecule has 11 rings (SSSR count). The number of hydrogen-bond acceptors (Lipinski definition) is 12. The maximum absolute atomic E-state index is 14.9. The fraction of sp³-hybridized carbons (Fsp3) is 0.587. The van der Waals surface area contributed by atoms with E-state index in [1.165, 1.54) is 35.5 Å². The number of aliphatic hydroxyl groups is 1. The van der Waals surface area contributed by atoms with Crippen LogP contribution in [-0.2, 0) is 28.7 Å². The number of imide groups is 1. The number of ether oxygens (including phenoxy) is 2. The van der Waals surface area contributed by atoms with E-state index >= 15 is 0 Å². The van der Waals surface area contributed by atoms with Crippen LogP contribution in [0, 0.1) is 40.4 Å². The van der Waals surface area contributed by atoms with Crippen molar-refractivity contribution in [2.45, 2.75) is 109 Å². The Balaban J connectivity index is 1.18. The Kier molecular flexibility index (Phi) is 10.1. The first kappa shape index (κ1) is 39.5. The van der Waals surface area contributed by atoms with Crippen LogP contribution in [0.3, 0.4) is 0 Å². The Hall–Kier alpha value is -3.65. The predicted molar refractivity (Wildman–Crippen MR) is 226 cm³/mol. The Morgan fingerprint density at radius 1 is 1.07 bits per heavy atom. The molecule has 1 spiro atoms. The molecule has 0 aromatic carbocycles. The van der Waals surface area contributed by atoms with E-state index in [-0.39, 0.29) is 64.7 Å². The smallest absolute Gasteiger partial charge is 0.340 e. The van der Waals surface area contributed by atoms with Crippen molar-refractivity contribution in [1.29, 1.82) is 0 Å². The summed E-state index contributed by atoms with van der Waals surface area (Å²) >= 11 is 0. The fourth-order valence-corrected chi connectivity index (χ4v) is 15.4. The second kappa shape index (κ2) is 15.1. The molecule has 4 aliphatic heterocycles. The van der Waals surface area contributed by atoms with Gasteiger partial charge < -0.3 is 25.2 Å². The normalized spacial score (nSPS) is 35.2. The molecule has 9 unspecified atom stereocenters. The van der Waals surface area contributed by atoms with E-state index in [2.05, 4.69) is 35.5 Å².